The van der Waals surface area contributed by atoms with E-state index < -0.39 is 27.7 Å². The van der Waals surface area contributed by atoms with Crippen LogP contribution < -0.4 is 0 Å². The van der Waals surface area contributed by atoms with Crippen molar-refractivity contribution in [1.82, 2.24) is 0 Å². The summed E-state index contributed by atoms with van der Waals surface area (Å²) < 4.78 is 68.9. The molecule has 5 nitrogen and oxygen atoms in total. The van der Waals surface area contributed by atoms with Crippen molar-refractivity contribution in [2.75, 3.05) is 0 Å². The van der Waals surface area contributed by atoms with E-state index in [2.05, 4.69) is 4.18 Å². The monoisotopic (exact) mass is 382 g/mol. The SMILES string of the molecule is CC(C)CCCC(OS(=O)(=O)C(F)(F)F)C(=O)OCc1ccccc1. The van der Waals surface area contributed by atoms with Crippen LogP contribution in [0.25, 0.3) is 0 Å². The lowest BCUT2D eigenvalue weighted by Gasteiger charge is -2.18. The second-order valence-electron chi connectivity index (χ2n) is 5.90. The van der Waals surface area contributed by atoms with E-state index in [0.29, 0.717) is 18.4 Å². The molecular formula is C16H21F3O5S. The fourth-order valence-electron chi connectivity index (χ4n) is 1.95. The Bertz CT molecular complexity index is 641. The Balaban J connectivity index is 2.76. The zero-order valence-electron chi connectivity index (χ0n) is 14.0. The first kappa shape index (κ1) is 21.4. The predicted molar refractivity (Wildman–Crippen MR) is 84.8 cm³/mol. The van der Waals surface area contributed by atoms with E-state index in [-0.39, 0.29) is 18.9 Å². The van der Waals surface area contributed by atoms with Gasteiger partial charge < -0.3 is 4.74 Å². The van der Waals surface area contributed by atoms with Crippen LogP contribution in [0.15, 0.2) is 30.3 Å². The molecule has 0 heterocycles. The van der Waals surface area contributed by atoms with Crippen LogP contribution in [-0.4, -0.2) is 26.0 Å². The minimum absolute atomic E-state index is 0.179. The number of ether oxygens (including phenoxy) is 1. The Morgan fingerprint density at radius 3 is 2.24 bits per heavy atom. The van der Waals surface area contributed by atoms with Crippen LogP contribution >= 0.6 is 0 Å². The zero-order chi connectivity index (χ0) is 19.1. The molecule has 1 atom stereocenters. The number of hydrogen-bond donors (Lipinski definition) is 0. The van der Waals surface area contributed by atoms with Crippen molar-refractivity contribution in [3.05, 3.63) is 35.9 Å². The molecule has 142 valence electrons. The minimum atomic E-state index is -5.88. The molecule has 1 unspecified atom stereocenters. The van der Waals surface area contributed by atoms with Gasteiger partial charge in [-0.2, -0.15) is 21.6 Å². The molecule has 0 saturated carbocycles. The van der Waals surface area contributed by atoms with E-state index in [1.54, 1.807) is 30.3 Å². The van der Waals surface area contributed by atoms with Gasteiger partial charge in [0.25, 0.3) is 0 Å². The van der Waals surface area contributed by atoms with E-state index in [9.17, 15) is 26.4 Å². The van der Waals surface area contributed by atoms with Crippen LogP contribution in [0.2, 0.25) is 0 Å². The quantitative estimate of drug-likeness (QED) is 0.369. The molecule has 1 rings (SSSR count). The van der Waals surface area contributed by atoms with Gasteiger partial charge in [0.1, 0.15) is 6.61 Å². The van der Waals surface area contributed by atoms with Gasteiger partial charge in [0.2, 0.25) is 0 Å². The maximum atomic E-state index is 12.5. The minimum Gasteiger partial charge on any atom is -0.459 e. The van der Waals surface area contributed by atoms with Crippen LogP contribution in [0, 0.1) is 5.92 Å². The van der Waals surface area contributed by atoms with Crippen molar-refractivity contribution in [2.45, 2.75) is 51.3 Å². The van der Waals surface area contributed by atoms with Gasteiger partial charge in [0.05, 0.1) is 0 Å². The van der Waals surface area contributed by atoms with Gasteiger partial charge in [-0.1, -0.05) is 50.6 Å². The molecular weight excluding hydrogens is 361 g/mol. The first-order valence-electron chi connectivity index (χ1n) is 7.73. The summed E-state index contributed by atoms with van der Waals surface area (Å²) >= 11 is 0. The van der Waals surface area contributed by atoms with Crippen molar-refractivity contribution >= 4 is 16.1 Å². The summed E-state index contributed by atoms with van der Waals surface area (Å²) in [6.45, 7) is 3.61. The second kappa shape index (κ2) is 9.19. The summed E-state index contributed by atoms with van der Waals surface area (Å²) in [7, 11) is -5.88. The molecule has 0 aliphatic rings. The summed E-state index contributed by atoms with van der Waals surface area (Å²) in [5.41, 5.74) is -4.97. The van der Waals surface area contributed by atoms with Gasteiger partial charge in [-0.15, -0.1) is 0 Å². The molecule has 0 aromatic heterocycles. The molecule has 1 aromatic carbocycles. The van der Waals surface area contributed by atoms with Crippen LogP contribution in [-0.2, 0) is 30.4 Å². The number of carbonyl (C=O) groups excluding carboxylic acids is 1. The lowest BCUT2D eigenvalue weighted by Crippen LogP contribution is -2.35. The molecule has 0 saturated heterocycles. The molecule has 0 amide bonds. The molecule has 0 fully saturated rings. The van der Waals surface area contributed by atoms with Crippen LogP contribution in [0.4, 0.5) is 13.2 Å². The van der Waals surface area contributed by atoms with Gasteiger partial charge in [-0.25, -0.2) is 8.98 Å². The van der Waals surface area contributed by atoms with E-state index in [1.807, 2.05) is 13.8 Å². The van der Waals surface area contributed by atoms with E-state index in [1.165, 1.54) is 0 Å². The number of hydrogen-bond acceptors (Lipinski definition) is 5. The highest BCUT2D eigenvalue weighted by Crippen LogP contribution is 2.27. The van der Waals surface area contributed by atoms with Gasteiger partial charge in [-0.3, -0.25) is 0 Å². The first-order valence-corrected chi connectivity index (χ1v) is 9.14. The lowest BCUT2D eigenvalue weighted by molar-refractivity contribution is -0.154. The Morgan fingerprint density at radius 2 is 1.72 bits per heavy atom. The predicted octanol–water partition coefficient (Wildman–Crippen LogP) is 3.79. The van der Waals surface area contributed by atoms with Crippen LogP contribution in [0.5, 0.6) is 0 Å². The third-order valence-corrected chi connectivity index (χ3v) is 4.31. The van der Waals surface area contributed by atoms with Crippen molar-refractivity contribution in [3.8, 4) is 0 Å². The third-order valence-electron chi connectivity index (χ3n) is 3.26. The van der Waals surface area contributed by atoms with Crippen molar-refractivity contribution < 1.29 is 35.3 Å². The summed E-state index contributed by atoms with van der Waals surface area (Å²) in [6, 6.07) is 8.48. The largest absolute Gasteiger partial charge is 0.523 e. The van der Waals surface area contributed by atoms with Crippen molar-refractivity contribution in [1.29, 1.82) is 0 Å². The Labute approximate surface area is 145 Å². The van der Waals surface area contributed by atoms with Gasteiger partial charge >= 0.3 is 21.6 Å². The van der Waals surface area contributed by atoms with E-state index in [4.69, 9.17) is 4.74 Å². The smallest absolute Gasteiger partial charge is 0.459 e. The second-order valence-corrected chi connectivity index (χ2v) is 7.47. The van der Waals surface area contributed by atoms with Crippen LogP contribution in [0.3, 0.4) is 0 Å². The standard InChI is InChI=1S/C16H21F3O5S/c1-12(2)7-6-10-14(24-25(21,22)16(17,18)19)15(20)23-11-13-8-4-3-5-9-13/h3-5,8-9,12,14H,6-7,10-11H2,1-2H3. The number of benzene rings is 1. The number of halogens is 3. The highest BCUT2D eigenvalue weighted by atomic mass is 32.2. The summed E-state index contributed by atoms with van der Waals surface area (Å²) in [6.07, 6.45) is -1.07. The first-order chi connectivity index (χ1) is 11.5. The zero-order valence-corrected chi connectivity index (χ0v) is 14.8. The Kier molecular flexibility index (Phi) is 7.88. The summed E-state index contributed by atoms with van der Waals surface area (Å²) in [5, 5.41) is 0. The maximum absolute atomic E-state index is 12.5. The molecule has 0 radical (unpaired) electrons. The highest BCUT2D eigenvalue weighted by molar-refractivity contribution is 7.87. The topological polar surface area (TPSA) is 69.7 Å². The molecule has 1 aromatic rings. The fraction of sp³-hybridized carbons (Fsp3) is 0.562. The Hall–Kier alpha value is -1.61. The van der Waals surface area contributed by atoms with E-state index in [0.717, 1.165) is 0 Å². The number of carbonyl (C=O) groups is 1. The highest BCUT2D eigenvalue weighted by Gasteiger charge is 2.49. The van der Waals surface area contributed by atoms with Crippen molar-refractivity contribution in [2.24, 2.45) is 5.92 Å². The molecule has 9 heteroatoms. The third kappa shape index (κ3) is 7.43. The maximum Gasteiger partial charge on any atom is 0.523 e. The fourth-order valence-corrected chi connectivity index (χ4v) is 2.54. The number of rotatable bonds is 9. The van der Waals surface area contributed by atoms with Gasteiger partial charge in [0.15, 0.2) is 6.10 Å². The average Bonchev–Trinajstić information content (AvgIpc) is 2.51. The van der Waals surface area contributed by atoms with E-state index >= 15 is 0 Å². The summed E-state index contributed by atoms with van der Waals surface area (Å²) in [5.74, 6) is -0.888. The molecule has 0 aliphatic heterocycles. The van der Waals surface area contributed by atoms with Gasteiger partial charge in [0, 0.05) is 0 Å². The molecule has 0 N–H and O–H groups in total. The van der Waals surface area contributed by atoms with Crippen LogP contribution in [0.1, 0.15) is 38.7 Å². The molecule has 0 bridgehead atoms. The molecule has 25 heavy (non-hydrogen) atoms. The summed E-state index contributed by atoms with van der Waals surface area (Å²) in [4.78, 5) is 12.0. The average molecular weight is 382 g/mol. The lowest BCUT2D eigenvalue weighted by atomic mass is 10.0. The number of alkyl halides is 3. The normalized spacial score (nSPS) is 13.7. The van der Waals surface area contributed by atoms with Gasteiger partial charge in [-0.05, 0) is 24.3 Å². The molecule has 0 spiro atoms. The Morgan fingerprint density at radius 1 is 1.12 bits per heavy atom. The van der Waals surface area contributed by atoms with Crippen molar-refractivity contribution in [3.63, 3.8) is 0 Å². The molecule has 0 aliphatic carbocycles. The number of esters is 1.